The Morgan fingerprint density at radius 2 is 1.77 bits per heavy atom. The predicted molar refractivity (Wildman–Crippen MR) is 87.7 cm³/mol. The monoisotopic (exact) mass is 312 g/mol. The fourth-order valence-corrected chi connectivity index (χ4v) is 3.37. The fourth-order valence-electron chi connectivity index (χ4n) is 3.37. The number of rotatable bonds is 8. The van der Waals surface area contributed by atoms with Crippen molar-refractivity contribution in [3.05, 3.63) is 0 Å². The van der Waals surface area contributed by atoms with Gasteiger partial charge in [0.25, 0.3) is 0 Å². The van der Waals surface area contributed by atoms with Crippen molar-refractivity contribution in [2.75, 3.05) is 6.54 Å². The van der Waals surface area contributed by atoms with Crippen molar-refractivity contribution in [2.24, 2.45) is 5.92 Å². The number of nitrogens with one attached hydrogen (secondary N) is 1. The third kappa shape index (κ3) is 4.97. The molecule has 1 saturated carbocycles. The molecule has 5 nitrogen and oxygen atoms in total. The average molecular weight is 312 g/mol. The Morgan fingerprint density at radius 1 is 1.18 bits per heavy atom. The van der Waals surface area contributed by atoms with E-state index in [0.717, 1.165) is 25.8 Å². The van der Waals surface area contributed by atoms with E-state index < -0.39 is 12.0 Å². The molecule has 22 heavy (non-hydrogen) atoms. The summed E-state index contributed by atoms with van der Waals surface area (Å²) in [5, 5.41) is 12.1. The zero-order chi connectivity index (χ0) is 16.7. The number of carboxylic acids is 1. The number of aliphatic carboxylic acids is 1. The molecule has 1 fully saturated rings. The second-order valence-corrected chi connectivity index (χ2v) is 6.51. The fraction of sp³-hybridized carbons (Fsp3) is 0.882. The highest BCUT2D eigenvalue weighted by atomic mass is 16.4. The molecule has 0 aromatic carbocycles. The van der Waals surface area contributed by atoms with Crippen molar-refractivity contribution in [2.45, 2.75) is 84.3 Å². The van der Waals surface area contributed by atoms with Crippen molar-refractivity contribution < 1.29 is 14.7 Å². The van der Waals surface area contributed by atoms with E-state index >= 15 is 0 Å². The van der Waals surface area contributed by atoms with Crippen LogP contribution in [0, 0.1) is 5.92 Å². The van der Waals surface area contributed by atoms with Gasteiger partial charge in [0.15, 0.2) is 0 Å². The molecule has 2 N–H and O–H groups in total. The number of carbonyl (C=O) groups is 2. The number of hydrogen-bond acceptors (Lipinski definition) is 3. The second kappa shape index (κ2) is 9.13. The van der Waals surface area contributed by atoms with Crippen LogP contribution in [0.3, 0.4) is 0 Å². The summed E-state index contributed by atoms with van der Waals surface area (Å²) in [5.41, 5.74) is 0. The Labute approximate surface area is 134 Å². The van der Waals surface area contributed by atoms with Crippen molar-refractivity contribution in [3.63, 3.8) is 0 Å². The van der Waals surface area contributed by atoms with Gasteiger partial charge in [0.2, 0.25) is 5.91 Å². The van der Waals surface area contributed by atoms with Gasteiger partial charge in [-0.25, -0.2) is 4.79 Å². The van der Waals surface area contributed by atoms with Crippen LogP contribution in [-0.4, -0.2) is 46.6 Å². The highest BCUT2D eigenvalue weighted by molar-refractivity contribution is 5.86. The van der Waals surface area contributed by atoms with Gasteiger partial charge in [-0.05, 0) is 32.2 Å². The van der Waals surface area contributed by atoms with E-state index in [9.17, 15) is 14.7 Å². The molecule has 128 valence electrons. The summed E-state index contributed by atoms with van der Waals surface area (Å²) in [6.45, 7) is 8.59. The van der Waals surface area contributed by atoms with Crippen LogP contribution < -0.4 is 5.32 Å². The minimum absolute atomic E-state index is 0.0709. The smallest absolute Gasteiger partial charge is 0.326 e. The largest absolute Gasteiger partial charge is 0.480 e. The molecule has 1 aliphatic rings. The van der Waals surface area contributed by atoms with Crippen LogP contribution in [0.4, 0.5) is 0 Å². The number of nitrogens with zero attached hydrogens (tertiary/aromatic N) is 1. The number of carboxylic acid groups (broad SMARTS) is 1. The Morgan fingerprint density at radius 3 is 2.23 bits per heavy atom. The SMILES string of the molecule is CCC(C)C(NC(=O)C(C)N(CC)C1CCCCC1)C(=O)O. The summed E-state index contributed by atoms with van der Waals surface area (Å²) >= 11 is 0. The summed E-state index contributed by atoms with van der Waals surface area (Å²) in [6.07, 6.45) is 6.73. The highest BCUT2D eigenvalue weighted by Crippen LogP contribution is 2.24. The number of carbonyl (C=O) groups excluding carboxylic acids is 1. The van der Waals surface area contributed by atoms with Crippen molar-refractivity contribution in [1.82, 2.24) is 10.2 Å². The molecule has 1 amide bonds. The molecule has 0 aromatic heterocycles. The first-order valence-corrected chi connectivity index (χ1v) is 8.71. The van der Waals surface area contributed by atoms with Crippen LogP contribution >= 0.6 is 0 Å². The van der Waals surface area contributed by atoms with E-state index in [2.05, 4.69) is 17.1 Å². The summed E-state index contributed by atoms with van der Waals surface area (Å²) < 4.78 is 0. The van der Waals surface area contributed by atoms with Gasteiger partial charge >= 0.3 is 5.97 Å². The van der Waals surface area contributed by atoms with Crippen LogP contribution in [0.2, 0.25) is 0 Å². The maximum Gasteiger partial charge on any atom is 0.326 e. The lowest BCUT2D eigenvalue weighted by Crippen LogP contribution is -2.54. The number of amides is 1. The molecule has 0 heterocycles. The average Bonchev–Trinajstić information content (AvgIpc) is 2.52. The van der Waals surface area contributed by atoms with Crippen molar-refractivity contribution in [3.8, 4) is 0 Å². The predicted octanol–water partition coefficient (Wildman–Crippen LogP) is 2.64. The zero-order valence-corrected chi connectivity index (χ0v) is 14.5. The van der Waals surface area contributed by atoms with E-state index in [0.29, 0.717) is 6.04 Å². The van der Waals surface area contributed by atoms with Gasteiger partial charge < -0.3 is 10.4 Å². The Kier molecular flexibility index (Phi) is 7.87. The summed E-state index contributed by atoms with van der Waals surface area (Å²) in [7, 11) is 0. The standard InChI is InChI=1S/C17H32N2O3/c1-5-12(3)15(17(21)22)18-16(20)13(4)19(6-2)14-10-8-7-9-11-14/h12-15H,5-11H2,1-4H3,(H,18,20)(H,21,22). The van der Waals surface area contributed by atoms with Crippen LogP contribution in [0.15, 0.2) is 0 Å². The minimum atomic E-state index is -0.949. The summed E-state index contributed by atoms with van der Waals surface area (Å²) in [5.74, 6) is -1.19. The molecular formula is C17H32N2O3. The molecule has 1 rings (SSSR count). The number of hydrogen-bond donors (Lipinski definition) is 2. The molecule has 0 bridgehead atoms. The van der Waals surface area contributed by atoms with E-state index in [4.69, 9.17) is 0 Å². The lowest BCUT2D eigenvalue weighted by Gasteiger charge is -2.37. The Hall–Kier alpha value is -1.10. The van der Waals surface area contributed by atoms with Crippen LogP contribution in [0.1, 0.15) is 66.2 Å². The summed E-state index contributed by atoms with van der Waals surface area (Å²) in [4.78, 5) is 26.1. The first-order chi connectivity index (χ1) is 10.4. The highest BCUT2D eigenvalue weighted by Gasteiger charge is 2.31. The van der Waals surface area contributed by atoms with Crippen LogP contribution in [-0.2, 0) is 9.59 Å². The molecular weight excluding hydrogens is 280 g/mol. The molecule has 5 heteroatoms. The van der Waals surface area contributed by atoms with E-state index in [1.165, 1.54) is 19.3 Å². The third-order valence-electron chi connectivity index (χ3n) is 5.06. The zero-order valence-electron chi connectivity index (χ0n) is 14.5. The van der Waals surface area contributed by atoms with E-state index in [-0.39, 0.29) is 17.9 Å². The minimum Gasteiger partial charge on any atom is -0.480 e. The Bertz CT molecular complexity index is 367. The van der Waals surface area contributed by atoms with Gasteiger partial charge in [0.05, 0.1) is 6.04 Å². The molecule has 3 unspecified atom stereocenters. The van der Waals surface area contributed by atoms with Crippen molar-refractivity contribution >= 4 is 11.9 Å². The number of likely N-dealkylation sites (N-methyl/N-ethyl adjacent to an activating group) is 1. The maximum absolute atomic E-state index is 12.5. The normalized spacial score (nSPS) is 20.4. The van der Waals surface area contributed by atoms with Crippen LogP contribution in [0.25, 0.3) is 0 Å². The maximum atomic E-state index is 12.5. The first-order valence-electron chi connectivity index (χ1n) is 8.71. The molecule has 0 aliphatic heterocycles. The second-order valence-electron chi connectivity index (χ2n) is 6.51. The van der Waals surface area contributed by atoms with Gasteiger partial charge in [0, 0.05) is 6.04 Å². The van der Waals surface area contributed by atoms with Gasteiger partial charge in [0.1, 0.15) is 6.04 Å². The molecule has 0 radical (unpaired) electrons. The molecule has 1 aliphatic carbocycles. The topological polar surface area (TPSA) is 69.6 Å². The van der Waals surface area contributed by atoms with Gasteiger partial charge in [-0.1, -0.05) is 46.5 Å². The quantitative estimate of drug-likeness (QED) is 0.723. The molecule has 0 aromatic rings. The molecule has 3 atom stereocenters. The van der Waals surface area contributed by atoms with E-state index in [1.807, 2.05) is 20.8 Å². The molecule has 0 spiro atoms. The van der Waals surface area contributed by atoms with E-state index in [1.54, 1.807) is 0 Å². The van der Waals surface area contributed by atoms with Gasteiger partial charge in [-0.2, -0.15) is 0 Å². The van der Waals surface area contributed by atoms with Crippen molar-refractivity contribution in [1.29, 1.82) is 0 Å². The van der Waals surface area contributed by atoms with Crippen LogP contribution in [0.5, 0.6) is 0 Å². The third-order valence-corrected chi connectivity index (χ3v) is 5.06. The lowest BCUT2D eigenvalue weighted by atomic mass is 9.93. The first kappa shape index (κ1) is 18.9. The summed E-state index contributed by atoms with van der Waals surface area (Å²) in [6, 6.07) is -0.629. The lowest BCUT2D eigenvalue weighted by molar-refractivity contribution is -0.144. The van der Waals surface area contributed by atoms with Gasteiger partial charge in [-0.15, -0.1) is 0 Å². The molecule has 0 saturated heterocycles. The van der Waals surface area contributed by atoms with Gasteiger partial charge in [-0.3, -0.25) is 9.69 Å². The Balaban J connectivity index is 2.69.